The van der Waals surface area contributed by atoms with Crippen LogP contribution in [0.1, 0.15) is 36.7 Å². The number of ether oxygens (including phenoxy) is 2. The van der Waals surface area contributed by atoms with Crippen LogP contribution in [0.25, 0.3) is 0 Å². The minimum atomic E-state index is -0.713. The summed E-state index contributed by atoms with van der Waals surface area (Å²) in [5, 5.41) is 2.83. The molecule has 0 bridgehead atoms. The van der Waals surface area contributed by atoms with E-state index in [0.29, 0.717) is 11.3 Å². The maximum absolute atomic E-state index is 12.2. The molecule has 1 atom stereocenters. The van der Waals surface area contributed by atoms with E-state index in [0.717, 1.165) is 11.3 Å². The number of aryl methyl sites for hydroxylation is 1. The third-order valence-electron chi connectivity index (χ3n) is 3.42. The number of carbonyl (C=O) groups is 2. The van der Waals surface area contributed by atoms with Crippen molar-refractivity contribution in [1.29, 1.82) is 0 Å². The lowest BCUT2D eigenvalue weighted by molar-refractivity contribution is -0.154. The van der Waals surface area contributed by atoms with Gasteiger partial charge in [-0.3, -0.25) is 4.79 Å². The zero-order valence-electron chi connectivity index (χ0n) is 14.9. The summed E-state index contributed by atoms with van der Waals surface area (Å²) in [7, 11) is 0. The lowest BCUT2D eigenvalue weighted by atomic mass is 10.2. The van der Waals surface area contributed by atoms with Crippen molar-refractivity contribution in [2.75, 3.05) is 5.32 Å². The average Bonchev–Trinajstić information content (AvgIpc) is 2.57. The van der Waals surface area contributed by atoms with Gasteiger partial charge in [-0.25, -0.2) is 4.79 Å². The Kier molecular flexibility index (Phi) is 6.17. The standard InChI is InChI=1S/C20H23NO4/c1-13(2)24-20(23)15(4)25-18-11-7-16(8-12-18)19(22)21-17-9-5-14(3)6-10-17/h5-13,15H,1-4H3,(H,21,22). The van der Waals surface area contributed by atoms with Crippen molar-refractivity contribution in [1.82, 2.24) is 0 Å². The van der Waals surface area contributed by atoms with Gasteiger partial charge >= 0.3 is 5.97 Å². The average molecular weight is 341 g/mol. The number of benzene rings is 2. The van der Waals surface area contributed by atoms with Crippen molar-refractivity contribution in [3.63, 3.8) is 0 Å². The zero-order chi connectivity index (χ0) is 18.4. The van der Waals surface area contributed by atoms with Gasteiger partial charge in [0.2, 0.25) is 0 Å². The summed E-state index contributed by atoms with van der Waals surface area (Å²) in [6.07, 6.45) is -0.902. The second-order valence-corrected chi connectivity index (χ2v) is 6.09. The summed E-state index contributed by atoms with van der Waals surface area (Å²) in [6.45, 7) is 7.18. The number of nitrogens with one attached hydrogen (secondary N) is 1. The fourth-order valence-electron chi connectivity index (χ4n) is 2.11. The minimum absolute atomic E-state index is 0.189. The topological polar surface area (TPSA) is 64.6 Å². The van der Waals surface area contributed by atoms with Gasteiger partial charge in [0.25, 0.3) is 5.91 Å². The molecule has 132 valence electrons. The summed E-state index contributed by atoms with van der Waals surface area (Å²) < 4.78 is 10.6. The fourth-order valence-corrected chi connectivity index (χ4v) is 2.11. The van der Waals surface area contributed by atoms with Crippen LogP contribution in [0, 0.1) is 6.92 Å². The summed E-state index contributed by atoms with van der Waals surface area (Å²) in [6, 6.07) is 14.2. The van der Waals surface area contributed by atoms with Crippen molar-refractivity contribution in [3.8, 4) is 5.75 Å². The normalized spacial score (nSPS) is 11.7. The molecule has 1 N–H and O–H groups in total. The molecule has 0 spiro atoms. The Labute approximate surface area is 148 Å². The molecule has 0 aromatic heterocycles. The Hall–Kier alpha value is -2.82. The number of rotatable bonds is 6. The molecule has 0 saturated carbocycles. The van der Waals surface area contributed by atoms with Crippen molar-refractivity contribution in [2.24, 2.45) is 0 Å². The van der Waals surface area contributed by atoms with E-state index in [-0.39, 0.29) is 12.0 Å². The smallest absolute Gasteiger partial charge is 0.347 e. The van der Waals surface area contributed by atoms with E-state index in [1.165, 1.54) is 0 Å². The molecule has 2 aromatic carbocycles. The summed E-state index contributed by atoms with van der Waals surface area (Å²) in [5.74, 6) is -0.126. The van der Waals surface area contributed by atoms with Crippen LogP contribution in [0.5, 0.6) is 5.75 Å². The van der Waals surface area contributed by atoms with Gasteiger partial charge in [0.15, 0.2) is 6.10 Å². The third kappa shape index (κ3) is 5.64. The van der Waals surface area contributed by atoms with Crippen molar-refractivity contribution < 1.29 is 19.1 Å². The van der Waals surface area contributed by atoms with E-state index in [9.17, 15) is 9.59 Å². The lowest BCUT2D eigenvalue weighted by Gasteiger charge is -2.16. The molecule has 1 unspecified atom stereocenters. The third-order valence-corrected chi connectivity index (χ3v) is 3.42. The highest BCUT2D eigenvalue weighted by Gasteiger charge is 2.17. The van der Waals surface area contributed by atoms with Gasteiger partial charge in [-0.05, 0) is 64.1 Å². The van der Waals surface area contributed by atoms with E-state index in [2.05, 4.69) is 5.32 Å². The lowest BCUT2D eigenvalue weighted by Crippen LogP contribution is -2.28. The Morgan fingerprint density at radius 2 is 1.52 bits per heavy atom. The Balaban J connectivity index is 1.95. The van der Waals surface area contributed by atoms with Crippen molar-refractivity contribution in [2.45, 2.75) is 39.9 Å². The molecular weight excluding hydrogens is 318 g/mol. The molecule has 0 aliphatic carbocycles. The molecular formula is C20H23NO4. The highest BCUT2D eigenvalue weighted by molar-refractivity contribution is 6.04. The quantitative estimate of drug-likeness (QED) is 0.808. The molecule has 5 heteroatoms. The first kappa shape index (κ1) is 18.5. The Bertz CT molecular complexity index is 720. The number of hydrogen-bond donors (Lipinski definition) is 1. The van der Waals surface area contributed by atoms with Crippen molar-refractivity contribution in [3.05, 3.63) is 59.7 Å². The second-order valence-electron chi connectivity index (χ2n) is 6.09. The number of amides is 1. The fraction of sp³-hybridized carbons (Fsp3) is 0.300. The molecule has 25 heavy (non-hydrogen) atoms. The van der Waals surface area contributed by atoms with Crippen LogP contribution in [-0.2, 0) is 9.53 Å². The number of carbonyl (C=O) groups excluding carboxylic acids is 2. The van der Waals surface area contributed by atoms with Gasteiger partial charge in [0.1, 0.15) is 5.75 Å². The van der Waals surface area contributed by atoms with Gasteiger partial charge in [-0.2, -0.15) is 0 Å². The Morgan fingerprint density at radius 1 is 0.920 bits per heavy atom. The molecule has 2 rings (SSSR count). The van der Waals surface area contributed by atoms with Gasteiger partial charge < -0.3 is 14.8 Å². The van der Waals surface area contributed by atoms with E-state index in [1.54, 1.807) is 45.0 Å². The molecule has 0 aliphatic heterocycles. The zero-order valence-corrected chi connectivity index (χ0v) is 14.9. The predicted molar refractivity (Wildman–Crippen MR) is 96.9 cm³/mol. The first-order valence-electron chi connectivity index (χ1n) is 8.20. The van der Waals surface area contributed by atoms with Crippen LogP contribution >= 0.6 is 0 Å². The summed E-state index contributed by atoms with van der Waals surface area (Å²) >= 11 is 0. The largest absolute Gasteiger partial charge is 0.479 e. The van der Waals surface area contributed by atoms with Crippen molar-refractivity contribution >= 4 is 17.6 Å². The molecule has 0 saturated heterocycles. The second kappa shape index (κ2) is 8.33. The molecule has 0 radical (unpaired) electrons. The number of esters is 1. The van der Waals surface area contributed by atoms with Gasteiger partial charge in [-0.1, -0.05) is 17.7 Å². The van der Waals surface area contributed by atoms with Crippen LogP contribution in [0.2, 0.25) is 0 Å². The molecule has 5 nitrogen and oxygen atoms in total. The van der Waals surface area contributed by atoms with E-state index < -0.39 is 12.1 Å². The molecule has 2 aromatic rings. The molecule has 1 amide bonds. The van der Waals surface area contributed by atoms with Crippen LogP contribution in [-0.4, -0.2) is 24.1 Å². The summed E-state index contributed by atoms with van der Waals surface area (Å²) in [5.41, 5.74) is 2.37. The molecule has 0 heterocycles. The van der Waals surface area contributed by atoms with E-state index in [4.69, 9.17) is 9.47 Å². The maximum Gasteiger partial charge on any atom is 0.347 e. The van der Waals surface area contributed by atoms with Crippen LogP contribution < -0.4 is 10.1 Å². The highest BCUT2D eigenvalue weighted by atomic mass is 16.6. The number of hydrogen-bond acceptors (Lipinski definition) is 4. The van der Waals surface area contributed by atoms with Gasteiger partial charge in [0.05, 0.1) is 6.10 Å². The number of anilines is 1. The first-order chi connectivity index (χ1) is 11.8. The van der Waals surface area contributed by atoms with Gasteiger partial charge in [0, 0.05) is 11.3 Å². The highest BCUT2D eigenvalue weighted by Crippen LogP contribution is 2.16. The SMILES string of the molecule is Cc1ccc(NC(=O)c2ccc(OC(C)C(=O)OC(C)C)cc2)cc1. The van der Waals surface area contributed by atoms with Crippen LogP contribution in [0.3, 0.4) is 0 Å². The Morgan fingerprint density at radius 3 is 2.08 bits per heavy atom. The van der Waals surface area contributed by atoms with E-state index >= 15 is 0 Å². The first-order valence-corrected chi connectivity index (χ1v) is 8.20. The van der Waals surface area contributed by atoms with Gasteiger partial charge in [-0.15, -0.1) is 0 Å². The molecule has 0 aliphatic rings. The molecule has 0 fully saturated rings. The summed E-state index contributed by atoms with van der Waals surface area (Å²) in [4.78, 5) is 24.0. The minimum Gasteiger partial charge on any atom is -0.479 e. The predicted octanol–water partition coefficient (Wildman–Crippen LogP) is 3.97. The monoisotopic (exact) mass is 341 g/mol. The van der Waals surface area contributed by atoms with Crippen LogP contribution in [0.15, 0.2) is 48.5 Å². The van der Waals surface area contributed by atoms with Crippen LogP contribution in [0.4, 0.5) is 5.69 Å². The maximum atomic E-state index is 12.2. The van der Waals surface area contributed by atoms with E-state index in [1.807, 2.05) is 31.2 Å².